The van der Waals surface area contributed by atoms with Crippen molar-refractivity contribution >= 4 is 17.4 Å². The number of pyridine rings is 1. The van der Waals surface area contributed by atoms with E-state index in [4.69, 9.17) is 16.9 Å². The number of hydrogen-bond acceptors (Lipinski definition) is 3. The first-order valence-corrected chi connectivity index (χ1v) is 5.52. The summed E-state index contributed by atoms with van der Waals surface area (Å²) in [7, 11) is 0. The smallest absolute Gasteiger partial charge is 0.161 e. The molecule has 84 valence electrons. The number of nitrogens with zero attached hydrogens (tertiary/aromatic N) is 2. The topological polar surface area (TPSA) is 48.7 Å². The minimum atomic E-state index is 0.240. The molecule has 1 N–H and O–H groups in total. The maximum absolute atomic E-state index is 8.80. The van der Waals surface area contributed by atoms with Gasteiger partial charge in [-0.05, 0) is 17.7 Å². The van der Waals surface area contributed by atoms with Gasteiger partial charge >= 0.3 is 0 Å². The molecule has 0 fully saturated rings. The van der Waals surface area contributed by atoms with Crippen LogP contribution >= 0.6 is 11.6 Å². The lowest BCUT2D eigenvalue weighted by atomic mass is 10.2. The number of aromatic nitrogens is 1. The van der Waals surface area contributed by atoms with E-state index in [1.54, 1.807) is 12.1 Å². The molecule has 2 aromatic rings. The zero-order valence-electron chi connectivity index (χ0n) is 9.02. The molecule has 0 bridgehead atoms. The summed E-state index contributed by atoms with van der Waals surface area (Å²) in [5.41, 5.74) is 1.40. The predicted molar refractivity (Wildman–Crippen MR) is 67.7 cm³/mol. The summed E-state index contributed by atoms with van der Waals surface area (Å²) in [5, 5.41) is 12.3. The Morgan fingerprint density at radius 3 is 2.65 bits per heavy atom. The Balaban J connectivity index is 2.08. The standard InChI is InChI=1S/C13H10ClN3/c14-11-6-7-13(17-12(11)8-15)16-9-10-4-2-1-3-5-10/h1-7H,9H2,(H,16,17). The Bertz CT molecular complexity index is 546. The summed E-state index contributed by atoms with van der Waals surface area (Å²) in [5.74, 6) is 0.648. The van der Waals surface area contributed by atoms with E-state index in [-0.39, 0.29) is 5.69 Å². The number of rotatable bonds is 3. The molecule has 0 spiro atoms. The quantitative estimate of drug-likeness (QED) is 0.901. The highest BCUT2D eigenvalue weighted by atomic mass is 35.5. The second-order valence-corrected chi connectivity index (χ2v) is 3.89. The fourth-order valence-corrected chi connectivity index (χ4v) is 1.56. The van der Waals surface area contributed by atoms with Crippen LogP contribution < -0.4 is 5.32 Å². The van der Waals surface area contributed by atoms with Crippen LogP contribution in [0, 0.1) is 11.3 Å². The van der Waals surface area contributed by atoms with Crippen molar-refractivity contribution in [2.45, 2.75) is 6.54 Å². The van der Waals surface area contributed by atoms with E-state index in [0.717, 1.165) is 5.56 Å². The highest BCUT2D eigenvalue weighted by Crippen LogP contribution is 2.16. The summed E-state index contributed by atoms with van der Waals surface area (Å²) in [6, 6.07) is 15.3. The van der Waals surface area contributed by atoms with E-state index in [1.165, 1.54) is 0 Å². The Hall–Kier alpha value is -2.05. The minimum absolute atomic E-state index is 0.240. The summed E-state index contributed by atoms with van der Waals surface area (Å²) >= 11 is 5.80. The molecule has 1 heterocycles. The third-order valence-electron chi connectivity index (χ3n) is 2.27. The number of hydrogen-bond donors (Lipinski definition) is 1. The molecule has 2 rings (SSSR count). The largest absolute Gasteiger partial charge is 0.366 e. The van der Waals surface area contributed by atoms with Crippen LogP contribution in [0.15, 0.2) is 42.5 Å². The molecule has 0 saturated carbocycles. The predicted octanol–water partition coefficient (Wildman–Crippen LogP) is 3.22. The highest BCUT2D eigenvalue weighted by molar-refractivity contribution is 6.31. The molecule has 0 amide bonds. The average molecular weight is 244 g/mol. The van der Waals surface area contributed by atoms with Gasteiger partial charge in [0.2, 0.25) is 0 Å². The van der Waals surface area contributed by atoms with Gasteiger partial charge in [0, 0.05) is 6.54 Å². The van der Waals surface area contributed by atoms with Gasteiger partial charge in [0.1, 0.15) is 11.9 Å². The number of nitrogens with one attached hydrogen (secondary N) is 1. The molecule has 4 heteroatoms. The molecule has 1 aromatic heterocycles. The van der Waals surface area contributed by atoms with Crippen molar-refractivity contribution in [3.05, 3.63) is 58.7 Å². The van der Waals surface area contributed by atoms with Gasteiger partial charge in [0.05, 0.1) is 5.02 Å². The van der Waals surface area contributed by atoms with Crippen LogP contribution in [0.1, 0.15) is 11.3 Å². The second-order valence-electron chi connectivity index (χ2n) is 3.48. The average Bonchev–Trinajstić information content (AvgIpc) is 2.39. The molecular formula is C13H10ClN3. The molecule has 0 atom stereocenters. The normalized spacial score (nSPS) is 9.65. The van der Waals surface area contributed by atoms with Gasteiger partial charge in [-0.25, -0.2) is 4.98 Å². The maximum atomic E-state index is 8.80. The van der Waals surface area contributed by atoms with Crippen molar-refractivity contribution in [3.63, 3.8) is 0 Å². The van der Waals surface area contributed by atoms with Crippen LogP contribution in [-0.2, 0) is 6.54 Å². The van der Waals surface area contributed by atoms with E-state index >= 15 is 0 Å². The fraction of sp³-hybridized carbons (Fsp3) is 0.0769. The van der Waals surface area contributed by atoms with Crippen molar-refractivity contribution in [1.82, 2.24) is 4.98 Å². The Labute approximate surface area is 105 Å². The van der Waals surface area contributed by atoms with E-state index in [2.05, 4.69) is 10.3 Å². The summed E-state index contributed by atoms with van der Waals surface area (Å²) < 4.78 is 0. The van der Waals surface area contributed by atoms with E-state index < -0.39 is 0 Å². The van der Waals surface area contributed by atoms with Crippen molar-refractivity contribution in [2.75, 3.05) is 5.32 Å². The van der Waals surface area contributed by atoms with Gasteiger partial charge in [-0.2, -0.15) is 5.26 Å². The number of halogens is 1. The summed E-state index contributed by atoms with van der Waals surface area (Å²) in [6.45, 7) is 0.667. The van der Waals surface area contributed by atoms with Crippen LogP contribution in [0.25, 0.3) is 0 Å². The van der Waals surface area contributed by atoms with Crippen LogP contribution in [0.3, 0.4) is 0 Å². The summed E-state index contributed by atoms with van der Waals surface area (Å²) in [6.07, 6.45) is 0. The third-order valence-corrected chi connectivity index (χ3v) is 2.57. The van der Waals surface area contributed by atoms with Crippen LogP contribution in [0.2, 0.25) is 5.02 Å². The van der Waals surface area contributed by atoms with Crippen molar-refractivity contribution < 1.29 is 0 Å². The third kappa shape index (κ3) is 2.96. The van der Waals surface area contributed by atoms with E-state index in [1.807, 2.05) is 36.4 Å². The SMILES string of the molecule is N#Cc1nc(NCc2ccccc2)ccc1Cl. The molecule has 0 aliphatic rings. The lowest BCUT2D eigenvalue weighted by Crippen LogP contribution is -2.02. The number of benzene rings is 1. The molecule has 1 aromatic carbocycles. The molecule has 0 radical (unpaired) electrons. The molecule has 0 unspecified atom stereocenters. The molecule has 0 aliphatic heterocycles. The highest BCUT2D eigenvalue weighted by Gasteiger charge is 2.02. The monoisotopic (exact) mass is 243 g/mol. The first kappa shape index (κ1) is 11.4. The summed E-state index contributed by atoms with van der Waals surface area (Å²) in [4.78, 5) is 4.10. The van der Waals surface area contributed by atoms with Crippen molar-refractivity contribution in [1.29, 1.82) is 5.26 Å². The van der Waals surface area contributed by atoms with Gasteiger partial charge in [0.25, 0.3) is 0 Å². The Kier molecular flexibility index (Phi) is 3.59. The first-order chi connectivity index (χ1) is 8.29. The van der Waals surface area contributed by atoms with Gasteiger partial charge in [-0.3, -0.25) is 0 Å². The second kappa shape index (κ2) is 5.33. The van der Waals surface area contributed by atoms with Crippen LogP contribution in [0.5, 0.6) is 0 Å². The van der Waals surface area contributed by atoms with E-state index in [0.29, 0.717) is 17.4 Å². The Morgan fingerprint density at radius 1 is 1.18 bits per heavy atom. The molecular weight excluding hydrogens is 234 g/mol. The van der Waals surface area contributed by atoms with Gasteiger partial charge in [-0.1, -0.05) is 41.9 Å². The van der Waals surface area contributed by atoms with Gasteiger partial charge in [-0.15, -0.1) is 0 Å². The van der Waals surface area contributed by atoms with Crippen LogP contribution in [0.4, 0.5) is 5.82 Å². The number of nitriles is 1. The lowest BCUT2D eigenvalue weighted by Gasteiger charge is -2.06. The molecule has 0 aliphatic carbocycles. The minimum Gasteiger partial charge on any atom is -0.366 e. The van der Waals surface area contributed by atoms with Gasteiger partial charge < -0.3 is 5.32 Å². The van der Waals surface area contributed by atoms with Crippen LogP contribution in [-0.4, -0.2) is 4.98 Å². The zero-order chi connectivity index (χ0) is 12.1. The zero-order valence-corrected chi connectivity index (χ0v) is 9.78. The van der Waals surface area contributed by atoms with Gasteiger partial charge in [0.15, 0.2) is 5.69 Å². The fourth-order valence-electron chi connectivity index (χ4n) is 1.41. The Morgan fingerprint density at radius 2 is 1.94 bits per heavy atom. The molecule has 3 nitrogen and oxygen atoms in total. The van der Waals surface area contributed by atoms with Crippen molar-refractivity contribution in [2.24, 2.45) is 0 Å². The molecule has 0 saturated heterocycles. The van der Waals surface area contributed by atoms with Crippen molar-refractivity contribution in [3.8, 4) is 6.07 Å². The van der Waals surface area contributed by atoms with E-state index in [9.17, 15) is 0 Å². The lowest BCUT2D eigenvalue weighted by molar-refractivity contribution is 1.10. The maximum Gasteiger partial charge on any atom is 0.161 e. The first-order valence-electron chi connectivity index (χ1n) is 5.14. The number of anilines is 1. The molecule has 17 heavy (non-hydrogen) atoms.